The van der Waals surface area contributed by atoms with Crippen molar-refractivity contribution in [3.8, 4) is 17.1 Å². The fraction of sp³-hybridized carbons (Fsp3) is 0.353. The summed E-state index contributed by atoms with van der Waals surface area (Å²) in [6, 6.07) is 7.40. The molecule has 0 saturated heterocycles. The predicted octanol–water partition coefficient (Wildman–Crippen LogP) is 4.32. The number of carbonyl (C=O) groups excluding carboxylic acids is 1. The molecule has 0 fully saturated rings. The fourth-order valence-electron chi connectivity index (χ4n) is 2.18. The average Bonchev–Trinajstić information content (AvgIpc) is 2.53. The SMILES string of the molecule is CCCC(CCC=O)Oc1cnc(-c2cccc(Cl)c2)nc1. The Balaban J connectivity index is 2.05. The molecule has 5 heteroatoms. The number of aromatic nitrogens is 2. The van der Waals surface area contributed by atoms with Crippen LogP contribution in [0, 0.1) is 0 Å². The van der Waals surface area contributed by atoms with Crippen molar-refractivity contribution < 1.29 is 9.53 Å². The van der Waals surface area contributed by atoms with Crippen LogP contribution in [0.1, 0.15) is 32.6 Å². The standard InChI is InChI=1S/C17H19ClN2O2/c1-2-5-15(8-4-9-21)22-16-11-19-17(20-12-16)13-6-3-7-14(18)10-13/h3,6-7,9-12,15H,2,4-5,8H2,1H3. The molecular formula is C17H19ClN2O2. The van der Waals surface area contributed by atoms with Crippen LogP contribution in [0.2, 0.25) is 5.02 Å². The van der Waals surface area contributed by atoms with E-state index in [9.17, 15) is 4.79 Å². The van der Waals surface area contributed by atoms with Crippen molar-refractivity contribution >= 4 is 17.9 Å². The second-order valence-corrected chi connectivity index (χ2v) is 5.46. The smallest absolute Gasteiger partial charge is 0.159 e. The lowest BCUT2D eigenvalue weighted by Gasteiger charge is -2.17. The molecule has 116 valence electrons. The van der Waals surface area contributed by atoms with E-state index in [1.165, 1.54) is 0 Å². The highest BCUT2D eigenvalue weighted by molar-refractivity contribution is 6.30. The molecular weight excluding hydrogens is 300 g/mol. The summed E-state index contributed by atoms with van der Waals surface area (Å²) in [5.41, 5.74) is 0.866. The van der Waals surface area contributed by atoms with Gasteiger partial charge in [0.05, 0.1) is 18.5 Å². The molecule has 0 spiro atoms. The molecule has 0 saturated carbocycles. The molecule has 1 unspecified atom stereocenters. The highest BCUT2D eigenvalue weighted by Crippen LogP contribution is 2.21. The Kier molecular flexibility index (Phi) is 6.34. The first kappa shape index (κ1) is 16.4. The summed E-state index contributed by atoms with van der Waals surface area (Å²) in [6.45, 7) is 2.09. The van der Waals surface area contributed by atoms with Crippen LogP contribution in [0.25, 0.3) is 11.4 Å². The summed E-state index contributed by atoms with van der Waals surface area (Å²) in [6.07, 6.45) is 7.40. The van der Waals surface area contributed by atoms with Gasteiger partial charge in [-0.15, -0.1) is 0 Å². The first-order valence-electron chi connectivity index (χ1n) is 7.41. The number of halogens is 1. The van der Waals surface area contributed by atoms with Gasteiger partial charge in [0.25, 0.3) is 0 Å². The van der Waals surface area contributed by atoms with Crippen LogP contribution >= 0.6 is 11.6 Å². The molecule has 2 aromatic rings. The van der Waals surface area contributed by atoms with E-state index < -0.39 is 0 Å². The summed E-state index contributed by atoms with van der Waals surface area (Å²) >= 11 is 5.97. The Labute approximate surface area is 135 Å². The highest BCUT2D eigenvalue weighted by Gasteiger charge is 2.10. The lowest BCUT2D eigenvalue weighted by Crippen LogP contribution is -2.16. The Bertz CT molecular complexity index is 602. The van der Waals surface area contributed by atoms with Gasteiger partial charge in [-0.05, 0) is 25.0 Å². The van der Waals surface area contributed by atoms with Crippen molar-refractivity contribution in [1.82, 2.24) is 9.97 Å². The Morgan fingerprint density at radius 2 is 2.05 bits per heavy atom. The first-order valence-corrected chi connectivity index (χ1v) is 7.79. The van der Waals surface area contributed by atoms with Crippen molar-refractivity contribution in [2.24, 2.45) is 0 Å². The molecule has 1 aromatic heterocycles. The molecule has 1 aromatic carbocycles. The molecule has 1 heterocycles. The van der Waals surface area contributed by atoms with E-state index >= 15 is 0 Å². The molecule has 0 amide bonds. The van der Waals surface area contributed by atoms with Gasteiger partial charge in [0.15, 0.2) is 11.6 Å². The lowest BCUT2D eigenvalue weighted by molar-refractivity contribution is -0.108. The zero-order chi connectivity index (χ0) is 15.8. The van der Waals surface area contributed by atoms with E-state index in [1.807, 2.05) is 24.3 Å². The minimum absolute atomic E-state index is 0.0239. The second-order valence-electron chi connectivity index (χ2n) is 5.03. The zero-order valence-electron chi connectivity index (χ0n) is 12.5. The summed E-state index contributed by atoms with van der Waals surface area (Å²) in [4.78, 5) is 19.1. The Hall–Kier alpha value is -1.94. The minimum atomic E-state index is 0.0239. The fourth-order valence-corrected chi connectivity index (χ4v) is 2.37. The normalized spacial score (nSPS) is 11.9. The molecule has 0 aliphatic rings. The van der Waals surface area contributed by atoms with E-state index in [0.717, 1.165) is 24.7 Å². The van der Waals surface area contributed by atoms with Gasteiger partial charge in [0.2, 0.25) is 0 Å². The number of ether oxygens (including phenoxy) is 1. The van der Waals surface area contributed by atoms with Crippen LogP contribution in [0.5, 0.6) is 5.75 Å². The summed E-state index contributed by atoms with van der Waals surface area (Å²) in [7, 11) is 0. The van der Waals surface area contributed by atoms with Crippen molar-refractivity contribution in [1.29, 1.82) is 0 Å². The minimum Gasteiger partial charge on any atom is -0.487 e. The molecule has 0 radical (unpaired) electrons. The number of nitrogens with zero attached hydrogens (tertiary/aromatic N) is 2. The summed E-state index contributed by atoms with van der Waals surface area (Å²) < 4.78 is 5.86. The quantitative estimate of drug-likeness (QED) is 0.680. The summed E-state index contributed by atoms with van der Waals surface area (Å²) in [5.74, 6) is 1.23. The van der Waals surface area contributed by atoms with Crippen LogP contribution < -0.4 is 4.74 Å². The Morgan fingerprint density at radius 1 is 1.27 bits per heavy atom. The van der Waals surface area contributed by atoms with E-state index in [0.29, 0.717) is 29.4 Å². The van der Waals surface area contributed by atoms with Crippen molar-refractivity contribution in [3.63, 3.8) is 0 Å². The van der Waals surface area contributed by atoms with Gasteiger partial charge < -0.3 is 9.53 Å². The number of carbonyl (C=O) groups is 1. The number of aldehydes is 1. The molecule has 0 aliphatic heterocycles. The molecule has 4 nitrogen and oxygen atoms in total. The van der Waals surface area contributed by atoms with E-state index in [4.69, 9.17) is 16.3 Å². The van der Waals surface area contributed by atoms with E-state index in [1.54, 1.807) is 12.4 Å². The van der Waals surface area contributed by atoms with Gasteiger partial charge in [-0.2, -0.15) is 0 Å². The maximum absolute atomic E-state index is 10.5. The number of rotatable bonds is 8. The maximum atomic E-state index is 10.5. The average molecular weight is 319 g/mol. The van der Waals surface area contributed by atoms with Gasteiger partial charge in [0.1, 0.15) is 6.29 Å². The van der Waals surface area contributed by atoms with E-state index in [2.05, 4.69) is 16.9 Å². The van der Waals surface area contributed by atoms with Gasteiger partial charge >= 0.3 is 0 Å². The van der Waals surface area contributed by atoms with Crippen LogP contribution in [0.15, 0.2) is 36.7 Å². The van der Waals surface area contributed by atoms with Crippen LogP contribution in [0.4, 0.5) is 0 Å². The number of benzene rings is 1. The monoisotopic (exact) mass is 318 g/mol. The lowest BCUT2D eigenvalue weighted by atomic mass is 10.1. The van der Waals surface area contributed by atoms with Gasteiger partial charge in [-0.3, -0.25) is 0 Å². The van der Waals surface area contributed by atoms with Crippen molar-refractivity contribution in [3.05, 3.63) is 41.7 Å². The topological polar surface area (TPSA) is 52.1 Å². The highest BCUT2D eigenvalue weighted by atomic mass is 35.5. The largest absolute Gasteiger partial charge is 0.487 e. The third-order valence-electron chi connectivity index (χ3n) is 3.23. The third-order valence-corrected chi connectivity index (χ3v) is 3.47. The number of hydrogen-bond donors (Lipinski definition) is 0. The van der Waals surface area contributed by atoms with Crippen LogP contribution in [-0.4, -0.2) is 22.4 Å². The predicted molar refractivity (Wildman–Crippen MR) is 87.1 cm³/mol. The molecule has 1 atom stereocenters. The molecule has 0 bridgehead atoms. The molecule has 22 heavy (non-hydrogen) atoms. The third kappa shape index (κ3) is 4.81. The van der Waals surface area contributed by atoms with Crippen molar-refractivity contribution in [2.75, 3.05) is 0 Å². The maximum Gasteiger partial charge on any atom is 0.159 e. The number of hydrogen-bond acceptors (Lipinski definition) is 4. The van der Waals surface area contributed by atoms with Gasteiger partial charge in [-0.25, -0.2) is 9.97 Å². The summed E-state index contributed by atoms with van der Waals surface area (Å²) in [5, 5.41) is 0.651. The van der Waals surface area contributed by atoms with Gasteiger partial charge in [0, 0.05) is 17.0 Å². The molecule has 0 aliphatic carbocycles. The van der Waals surface area contributed by atoms with Crippen molar-refractivity contribution in [2.45, 2.75) is 38.7 Å². The first-order chi connectivity index (χ1) is 10.7. The second kappa shape index (κ2) is 8.49. The van der Waals surface area contributed by atoms with Crippen LogP contribution in [0.3, 0.4) is 0 Å². The van der Waals surface area contributed by atoms with Gasteiger partial charge in [-0.1, -0.05) is 37.1 Å². The Morgan fingerprint density at radius 3 is 2.68 bits per heavy atom. The van der Waals surface area contributed by atoms with E-state index in [-0.39, 0.29) is 6.10 Å². The van der Waals surface area contributed by atoms with Crippen LogP contribution in [-0.2, 0) is 4.79 Å². The molecule has 2 rings (SSSR count). The molecule has 0 N–H and O–H groups in total. The zero-order valence-corrected chi connectivity index (χ0v) is 13.3.